The molecule has 0 aliphatic carbocycles. The van der Waals surface area contributed by atoms with E-state index >= 15 is 0 Å². The molecule has 3 aromatic heterocycles. The number of aromatic amines is 1. The van der Waals surface area contributed by atoms with Crippen LogP contribution in [0.4, 0.5) is 0 Å². The molecule has 3 nitrogen and oxygen atoms in total. The molecule has 0 aliphatic rings. The number of hydrogen-bond acceptors (Lipinski definition) is 4. The summed E-state index contributed by atoms with van der Waals surface area (Å²) in [7, 11) is 0. The largest absolute Gasteiger partial charge is 0.294 e. The number of nitrogens with zero attached hydrogens (tertiary/aromatic N) is 2. The normalized spacial score (nSPS) is 12.4. The Morgan fingerprint density at radius 1 is 1.33 bits per heavy atom. The van der Waals surface area contributed by atoms with Crippen molar-refractivity contribution in [3.63, 3.8) is 0 Å². The molecule has 94 valence electrons. The van der Waals surface area contributed by atoms with Gasteiger partial charge in [-0.3, -0.25) is 9.67 Å². The third-order valence-corrected chi connectivity index (χ3v) is 5.07. The van der Waals surface area contributed by atoms with Gasteiger partial charge in [-0.25, -0.2) is 0 Å². The molecule has 18 heavy (non-hydrogen) atoms. The molecule has 0 unspecified atom stereocenters. The maximum atomic E-state index is 5.33. The third kappa shape index (κ3) is 1.84. The van der Waals surface area contributed by atoms with Gasteiger partial charge in [-0.15, -0.1) is 22.7 Å². The second-order valence-electron chi connectivity index (χ2n) is 5.12. The molecule has 0 atom stereocenters. The molecule has 3 heterocycles. The Hall–Kier alpha value is -0.980. The monoisotopic (exact) mass is 295 g/mol. The zero-order valence-corrected chi connectivity index (χ0v) is 12.8. The van der Waals surface area contributed by atoms with Gasteiger partial charge in [-0.1, -0.05) is 0 Å². The van der Waals surface area contributed by atoms with Crippen LogP contribution in [0.1, 0.15) is 20.8 Å². The first-order valence-electron chi connectivity index (χ1n) is 5.62. The first kappa shape index (κ1) is 12.1. The number of aromatic nitrogens is 3. The van der Waals surface area contributed by atoms with Crippen LogP contribution in [0.15, 0.2) is 17.5 Å². The van der Waals surface area contributed by atoms with Crippen LogP contribution in [0.2, 0.25) is 0 Å². The van der Waals surface area contributed by atoms with Gasteiger partial charge in [0.05, 0.1) is 4.88 Å². The van der Waals surface area contributed by atoms with Gasteiger partial charge >= 0.3 is 0 Å². The molecule has 0 radical (unpaired) electrons. The second-order valence-corrected chi connectivity index (χ2v) is 7.54. The fraction of sp³-hybridized carbons (Fsp3) is 0.333. The van der Waals surface area contributed by atoms with Crippen molar-refractivity contribution in [3.05, 3.63) is 22.3 Å². The fourth-order valence-electron chi connectivity index (χ4n) is 1.96. The molecule has 0 saturated carbocycles. The van der Waals surface area contributed by atoms with E-state index in [1.807, 2.05) is 0 Å². The number of thiophene rings is 2. The van der Waals surface area contributed by atoms with E-state index in [-0.39, 0.29) is 5.54 Å². The maximum absolute atomic E-state index is 5.33. The molecule has 1 N–H and O–H groups in total. The summed E-state index contributed by atoms with van der Waals surface area (Å²) < 4.78 is 5.38. The first-order valence-corrected chi connectivity index (χ1v) is 7.72. The van der Waals surface area contributed by atoms with Gasteiger partial charge < -0.3 is 0 Å². The van der Waals surface area contributed by atoms with Crippen LogP contribution in [0.5, 0.6) is 0 Å². The van der Waals surface area contributed by atoms with Crippen LogP contribution in [-0.2, 0) is 5.54 Å². The minimum Gasteiger partial charge on any atom is -0.294 e. The predicted molar refractivity (Wildman–Crippen MR) is 81.1 cm³/mol. The average molecular weight is 295 g/mol. The van der Waals surface area contributed by atoms with Crippen LogP contribution in [0.3, 0.4) is 0 Å². The van der Waals surface area contributed by atoms with Crippen LogP contribution in [0.25, 0.3) is 20.1 Å². The van der Waals surface area contributed by atoms with Gasteiger partial charge in [0.15, 0.2) is 10.6 Å². The highest BCUT2D eigenvalue weighted by Gasteiger charge is 2.21. The van der Waals surface area contributed by atoms with E-state index in [4.69, 9.17) is 12.2 Å². The lowest BCUT2D eigenvalue weighted by Gasteiger charge is -2.21. The van der Waals surface area contributed by atoms with E-state index in [0.29, 0.717) is 4.77 Å². The summed E-state index contributed by atoms with van der Waals surface area (Å²) in [4.78, 5) is 1.17. The first-order chi connectivity index (χ1) is 8.47. The Kier molecular flexibility index (Phi) is 2.69. The molecule has 0 aromatic carbocycles. The molecule has 0 aliphatic heterocycles. The Morgan fingerprint density at radius 3 is 2.78 bits per heavy atom. The molecular formula is C12H13N3S3. The summed E-state index contributed by atoms with van der Waals surface area (Å²) >= 11 is 8.85. The van der Waals surface area contributed by atoms with Crippen molar-refractivity contribution in [3.8, 4) is 10.7 Å². The van der Waals surface area contributed by atoms with Crippen molar-refractivity contribution in [2.75, 3.05) is 0 Å². The third-order valence-electron chi connectivity index (χ3n) is 2.70. The van der Waals surface area contributed by atoms with Crippen LogP contribution < -0.4 is 0 Å². The molecule has 0 fully saturated rings. The number of fused-ring (bicyclic) bond motifs is 1. The maximum Gasteiger partial charge on any atom is 0.195 e. The van der Waals surface area contributed by atoms with Crippen molar-refractivity contribution in [2.45, 2.75) is 26.3 Å². The lowest BCUT2D eigenvalue weighted by Crippen LogP contribution is -2.22. The zero-order valence-electron chi connectivity index (χ0n) is 10.4. The van der Waals surface area contributed by atoms with E-state index in [0.717, 1.165) is 5.82 Å². The highest BCUT2D eigenvalue weighted by molar-refractivity contribution is 7.71. The van der Waals surface area contributed by atoms with Crippen molar-refractivity contribution in [1.82, 2.24) is 14.8 Å². The second kappa shape index (κ2) is 4.01. The Labute approximate surface area is 118 Å². The highest BCUT2D eigenvalue weighted by atomic mass is 32.1. The van der Waals surface area contributed by atoms with Gasteiger partial charge in [0.25, 0.3) is 0 Å². The van der Waals surface area contributed by atoms with E-state index in [2.05, 4.69) is 53.0 Å². The predicted octanol–water partition coefficient (Wildman–Crippen LogP) is 4.64. The molecular weight excluding hydrogens is 282 g/mol. The molecule has 0 saturated heterocycles. The number of nitrogens with one attached hydrogen (secondary N) is 1. The summed E-state index contributed by atoms with van der Waals surface area (Å²) in [6.07, 6.45) is 0. The van der Waals surface area contributed by atoms with Gasteiger partial charge in [-0.05, 0) is 50.5 Å². The summed E-state index contributed by atoms with van der Waals surface area (Å²) in [6, 6.07) is 4.34. The van der Waals surface area contributed by atoms with Crippen molar-refractivity contribution in [1.29, 1.82) is 0 Å². The minimum atomic E-state index is -0.0726. The summed E-state index contributed by atoms with van der Waals surface area (Å²) in [6.45, 7) is 6.41. The zero-order chi connectivity index (χ0) is 12.9. The van der Waals surface area contributed by atoms with E-state index in [1.54, 1.807) is 22.7 Å². The van der Waals surface area contributed by atoms with E-state index in [9.17, 15) is 0 Å². The Bertz CT molecular complexity index is 723. The molecule has 6 heteroatoms. The lowest BCUT2D eigenvalue weighted by molar-refractivity contribution is 0.396. The fourth-order valence-corrected chi connectivity index (χ4v) is 4.45. The van der Waals surface area contributed by atoms with Crippen molar-refractivity contribution < 1.29 is 0 Å². The number of H-pyrrole nitrogens is 1. The minimum absolute atomic E-state index is 0.0726. The van der Waals surface area contributed by atoms with E-state index < -0.39 is 0 Å². The van der Waals surface area contributed by atoms with Crippen LogP contribution >= 0.6 is 34.9 Å². The number of rotatable bonds is 1. The van der Waals surface area contributed by atoms with Crippen LogP contribution in [0, 0.1) is 4.77 Å². The van der Waals surface area contributed by atoms with Crippen LogP contribution in [-0.4, -0.2) is 14.8 Å². The number of hydrogen-bond donors (Lipinski definition) is 1. The molecule has 3 rings (SSSR count). The lowest BCUT2D eigenvalue weighted by atomic mass is 10.1. The standard InChI is InChI=1S/C12H13N3S3/c1-12(2,3)15-10(13-14-11(15)16)9-6-8-7(18-9)4-5-17-8/h4-6H,1-3H3,(H,14,16). The summed E-state index contributed by atoms with van der Waals surface area (Å²) in [5.74, 6) is 0.931. The average Bonchev–Trinajstić information content (AvgIpc) is 2.86. The molecule has 3 aromatic rings. The van der Waals surface area contributed by atoms with Crippen molar-refractivity contribution >= 4 is 44.3 Å². The summed E-state index contributed by atoms with van der Waals surface area (Å²) in [5, 5.41) is 9.41. The van der Waals surface area contributed by atoms with Gasteiger partial charge in [0, 0.05) is 14.9 Å². The summed E-state index contributed by atoms with van der Waals surface area (Å²) in [5.41, 5.74) is -0.0726. The molecule has 0 amide bonds. The topological polar surface area (TPSA) is 33.6 Å². The van der Waals surface area contributed by atoms with Gasteiger partial charge in [-0.2, -0.15) is 5.10 Å². The quantitative estimate of drug-likeness (QED) is 0.664. The van der Waals surface area contributed by atoms with E-state index in [1.165, 1.54) is 14.3 Å². The smallest absolute Gasteiger partial charge is 0.195 e. The Balaban J connectivity index is 2.24. The molecule has 0 bridgehead atoms. The Morgan fingerprint density at radius 2 is 2.11 bits per heavy atom. The van der Waals surface area contributed by atoms with Gasteiger partial charge in [0.1, 0.15) is 0 Å². The SMILES string of the molecule is CC(C)(C)n1c(-c2cc3sccc3s2)n[nH]c1=S. The molecule has 0 spiro atoms. The van der Waals surface area contributed by atoms with Crippen molar-refractivity contribution in [2.24, 2.45) is 0 Å². The highest BCUT2D eigenvalue weighted by Crippen LogP contribution is 2.36. The van der Waals surface area contributed by atoms with Gasteiger partial charge in [0.2, 0.25) is 0 Å².